The molecule has 0 aliphatic rings. The van der Waals surface area contributed by atoms with Crippen LogP contribution in [0.5, 0.6) is 0 Å². The summed E-state index contributed by atoms with van der Waals surface area (Å²) in [5, 5.41) is 4.37. The van der Waals surface area contributed by atoms with Crippen LogP contribution in [-0.2, 0) is 11.5 Å². The third-order valence-electron chi connectivity index (χ3n) is 4.21. The van der Waals surface area contributed by atoms with Crippen molar-refractivity contribution >= 4 is 52.6 Å². The molecule has 0 atom stereocenters. The Labute approximate surface area is 190 Å². The molecular formula is C23H21Cl2NOS2. The van der Waals surface area contributed by atoms with E-state index in [9.17, 15) is 4.79 Å². The third-order valence-corrected chi connectivity index (χ3v) is 7.05. The number of hydrogen-bond donors (Lipinski definition) is 1. The lowest BCUT2D eigenvalue weighted by molar-refractivity contribution is 0.0953. The predicted molar refractivity (Wildman–Crippen MR) is 127 cm³/mol. The molecule has 0 heterocycles. The van der Waals surface area contributed by atoms with E-state index >= 15 is 0 Å². The smallest absolute Gasteiger partial charge is 0.252 e. The van der Waals surface area contributed by atoms with E-state index < -0.39 is 0 Å². The van der Waals surface area contributed by atoms with E-state index in [0.29, 0.717) is 22.2 Å². The number of carbonyl (C=O) groups is 1. The highest BCUT2D eigenvalue weighted by atomic mass is 35.5. The fourth-order valence-electron chi connectivity index (χ4n) is 2.69. The van der Waals surface area contributed by atoms with Crippen LogP contribution in [0.1, 0.15) is 21.5 Å². The van der Waals surface area contributed by atoms with Crippen molar-refractivity contribution in [1.82, 2.24) is 5.32 Å². The highest BCUT2D eigenvalue weighted by molar-refractivity contribution is 7.98. The molecule has 0 saturated carbocycles. The first-order valence-electron chi connectivity index (χ1n) is 9.19. The van der Waals surface area contributed by atoms with Crippen LogP contribution in [0.25, 0.3) is 0 Å². The number of rotatable bonds is 9. The molecule has 1 N–H and O–H groups in total. The summed E-state index contributed by atoms with van der Waals surface area (Å²) in [5.41, 5.74) is 2.89. The van der Waals surface area contributed by atoms with Crippen molar-refractivity contribution < 1.29 is 4.79 Å². The summed E-state index contributed by atoms with van der Waals surface area (Å²) in [6.45, 7) is 0.587. The van der Waals surface area contributed by atoms with Crippen molar-refractivity contribution in [2.45, 2.75) is 16.4 Å². The van der Waals surface area contributed by atoms with Gasteiger partial charge in [0.25, 0.3) is 5.91 Å². The van der Waals surface area contributed by atoms with Gasteiger partial charge >= 0.3 is 0 Å². The van der Waals surface area contributed by atoms with Gasteiger partial charge in [0.2, 0.25) is 0 Å². The van der Waals surface area contributed by atoms with E-state index in [4.69, 9.17) is 23.2 Å². The van der Waals surface area contributed by atoms with Gasteiger partial charge in [-0.2, -0.15) is 11.8 Å². The maximum atomic E-state index is 12.6. The Hall–Kier alpha value is -1.59. The first-order chi connectivity index (χ1) is 14.1. The predicted octanol–water partition coefficient (Wildman–Crippen LogP) is 6.95. The molecule has 3 aromatic rings. The standard InChI is InChI=1S/C23H21Cl2NOS2/c24-20-10-6-11-21(25)19(20)16-28-14-13-26-23(27)18-9-4-5-12-22(18)29-15-17-7-2-1-3-8-17/h1-12H,13-16H2,(H,26,27). The molecule has 0 radical (unpaired) electrons. The molecule has 0 bridgehead atoms. The highest BCUT2D eigenvalue weighted by Crippen LogP contribution is 2.28. The van der Waals surface area contributed by atoms with Crippen molar-refractivity contribution in [1.29, 1.82) is 0 Å². The van der Waals surface area contributed by atoms with E-state index in [1.165, 1.54) is 5.56 Å². The Balaban J connectivity index is 1.48. The molecule has 0 aromatic heterocycles. The fourth-order valence-corrected chi connectivity index (χ4v) is 5.29. The van der Waals surface area contributed by atoms with Gasteiger partial charge in [-0.3, -0.25) is 4.79 Å². The van der Waals surface area contributed by atoms with E-state index in [-0.39, 0.29) is 5.91 Å². The van der Waals surface area contributed by atoms with Crippen LogP contribution in [0.2, 0.25) is 10.0 Å². The third kappa shape index (κ3) is 6.71. The fraction of sp³-hybridized carbons (Fsp3) is 0.174. The number of hydrogen-bond acceptors (Lipinski definition) is 3. The Kier molecular flexibility index (Phi) is 8.81. The number of benzene rings is 3. The van der Waals surface area contributed by atoms with Crippen LogP contribution in [0, 0.1) is 0 Å². The number of nitrogens with one attached hydrogen (secondary N) is 1. The van der Waals surface area contributed by atoms with Crippen molar-refractivity contribution in [2.75, 3.05) is 12.3 Å². The SMILES string of the molecule is O=C(NCCSCc1c(Cl)cccc1Cl)c1ccccc1SCc1ccccc1. The molecule has 0 spiro atoms. The normalized spacial score (nSPS) is 10.7. The van der Waals surface area contributed by atoms with Crippen molar-refractivity contribution in [3.63, 3.8) is 0 Å². The van der Waals surface area contributed by atoms with Crippen LogP contribution in [0.15, 0.2) is 77.7 Å². The van der Waals surface area contributed by atoms with E-state index in [2.05, 4.69) is 17.4 Å². The monoisotopic (exact) mass is 461 g/mol. The lowest BCUT2D eigenvalue weighted by Gasteiger charge is -2.10. The van der Waals surface area contributed by atoms with Gasteiger partial charge in [0.1, 0.15) is 0 Å². The second kappa shape index (κ2) is 11.6. The van der Waals surface area contributed by atoms with E-state index in [1.807, 2.05) is 60.7 Å². The summed E-state index contributed by atoms with van der Waals surface area (Å²) in [7, 11) is 0. The summed E-state index contributed by atoms with van der Waals surface area (Å²) in [6.07, 6.45) is 0. The molecule has 0 saturated heterocycles. The van der Waals surface area contributed by atoms with E-state index in [0.717, 1.165) is 27.7 Å². The summed E-state index contributed by atoms with van der Waals surface area (Å²) in [5.74, 6) is 2.29. The molecular weight excluding hydrogens is 441 g/mol. The zero-order chi connectivity index (χ0) is 20.5. The van der Waals surface area contributed by atoms with Crippen LogP contribution < -0.4 is 5.32 Å². The Morgan fingerprint density at radius 2 is 1.52 bits per heavy atom. The van der Waals surface area contributed by atoms with Crippen LogP contribution in [0.3, 0.4) is 0 Å². The van der Waals surface area contributed by atoms with Gasteiger partial charge in [0, 0.05) is 38.7 Å². The van der Waals surface area contributed by atoms with Gasteiger partial charge in [0.15, 0.2) is 0 Å². The first-order valence-corrected chi connectivity index (χ1v) is 12.1. The molecule has 0 aliphatic carbocycles. The molecule has 29 heavy (non-hydrogen) atoms. The van der Waals surface area contributed by atoms with Gasteiger partial charge in [-0.15, -0.1) is 11.8 Å². The second-order valence-corrected chi connectivity index (χ2v) is 9.22. The van der Waals surface area contributed by atoms with Gasteiger partial charge in [-0.25, -0.2) is 0 Å². The average Bonchev–Trinajstić information content (AvgIpc) is 2.74. The lowest BCUT2D eigenvalue weighted by atomic mass is 10.2. The quantitative estimate of drug-likeness (QED) is 0.276. The number of carbonyl (C=O) groups excluding carboxylic acids is 1. The largest absolute Gasteiger partial charge is 0.351 e. The summed E-state index contributed by atoms with van der Waals surface area (Å²) in [4.78, 5) is 13.6. The highest BCUT2D eigenvalue weighted by Gasteiger charge is 2.11. The minimum atomic E-state index is -0.0439. The summed E-state index contributed by atoms with van der Waals surface area (Å²) in [6, 6.07) is 23.5. The minimum absolute atomic E-state index is 0.0439. The first kappa shape index (κ1) is 22.1. The topological polar surface area (TPSA) is 29.1 Å². The van der Waals surface area contributed by atoms with Crippen LogP contribution in [-0.4, -0.2) is 18.2 Å². The Morgan fingerprint density at radius 1 is 0.828 bits per heavy atom. The van der Waals surface area contributed by atoms with Crippen LogP contribution >= 0.6 is 46.7 Å². The van der Waals surface area contributed by atoms with E-state index in [1.54, 1.807) is 23.5 Å². The van der Waals surface area contributed by atoms with Crippen LogP contribution in [0.4, 0.5) is 0 Å². The Bertz CT molecular complexity index is 930. The molecule has 0 aliphatic heterocycles. The molecule has 3 aromatic carbocycles. The van der Waals surface area contributed by atoms with Gasteiger partial charge in [0.05, 0.1) is 5.56 Å². The van der Waals surface area contributed by atoms with Crippen molar-refractivity contribution in [2.24, 2.45) is 0 Å². The lowest BCUT2D eigenvalue weighted by Crippen LogP contribution is -2.26. The van der Waals surface area contributed by atoms with Gasteiger partial charge in [-0.1, -0.05) is 71.7 Å². The Morgan fingerprint density at radius 3 is 2.28 bits per heavy atom. The van der Waals surface area contributed by atoms with Crippen molar-refractivity contribution in [3.8, 4) is 0 Å². The minimum Gasteiger partial charge on any atom is -0.351 e. The maximum Gasteiger partial charge on any atom is 0.252 e. The molecule has 1 amide bonds. The summed E-state index contributed by atoms with van der Waals surface area (Å²) < 4.78 is 0. The number of amides is 1. The number of thioether (sulfide) groups is 2. The average molecular weight is 462 g/mol. The molecule has 6 heteroatoms. The van der Waals surface area contributed by atoms with Gasteiger partial charge < -0.3 is 5.32 Å². The number of halogens is 2. The molecule has 2 nitrogen and oxygen atoms in total. The van der Waals surface area contributed by atoms with Gasteiger partial charge in [-0.05, 0) is 35.4 Å². The second-order valence-electron chi connectivity index (χ2n) is 6.28. The molecule has 150 valence electrons. The summed E-state index contributed by atoms with van der Waals surface area (Å²) >= 11 is 15.8. The molecule has 3 rings (SSSR count). The zero-order valence-electron chi connectivity index (χ0n) is 15.7. The molecule has 0 fully saturated rings. The maximum absolute atomic E-state index is 12.6. The molecule has 0 unspecified atom stereocenters. The zero-order valence-corrected chi connectivity index (χ0v) is 18.9. The van der Waals surface area contributed by atoms with Crippen molar-refractivity contribution in [3.05, 3.63) is 99.5 Å².